The van der Waals surface area contributed by atoms with E-state index in [1.165, 1.54) is 6.92 Å². The van der Waals surface area contributed by atoms with Crippen LogP contribution in [0.1, 0.15) is 34.6 Å². The van der Waals surface area contributed by atoms with Gasteiger partial charge in [0, 0.05) is 27.7 Å². The van der Waals surface area contributed by atoms with Crippen LogP contribution < -0.4 is 0 Å². The molecule has 0 aliphatic carbocycles. The Balaban J connectivity index is 3.15. The number of carbonyl (C=O) groups excluding carboxylic acids is 4. The second-order valence-corrected chi connectivity index (χ2v) is 5.04. The SMILES string of the molecule is CC(=O)OC1[C@H](C)O[C@@H](OC(C)=O)[C@@H](OC(C)=O)[C@H]1OC(C)=O. The third-order valence-corrected chi connectivity index (χ3v) is 2.92. The van der Waals surface area contributed by atoms with Crippen LogP contribution in [0.4, 0.5) is 0 Å². The van der Waals surface area contributed by atoms with Crippen LogP contribution in [-0.4, -0.2) is 54.6 Å². The van der Waals surface area contributed by atoms with Gasteiger partial charge in [0.25, 0.3) is 0 Å². The van der Waals surface area contributed by atoms with Gasteiger partial charge in [0.1, 0.15) is 0 Å². The first-order valence-corrected chi connectivity index (χ1v) is 6.96. The molecule has 0 bridgehead atoms. The van der Waals surface area contributed by atoms with Gasteiger partial charge in [0.05, 0.1) is 6.10 Å². The maximum Gasteiger partial charge on any atom is 0.305 e. The molecule has 1 rings (SSSR count). The minimum Gasteiger partial charge on any atom is -0.456 e. The third kappa shape index (κ3) is 5.51. The van der Waals surface area contributed by atoms with Gasteiger partial charge in [-0.3, -0.25) is 19.2 Å². The molecule has 0 saturated carbocycles. The Morgan fingerprint density at radius 1 is 0.652 bits per heavy atom. The highest BCUT2D eigenvalue weighted by molar-refractivity contribution is 5.69. The van der Waals surface area contributed by atoms with Crippen LogP contribution in [0.3, 0.4) is 0 Å². The number of ether oxygens (including phenoxy) is 5. The minimum atomic E-state index is -1.29. The number of esters is 4. The van der Waals surface area contributed by atoms with Crippen molar-refractivity contribution in [2.45, 2.75) is 65.3 Å². The highest BCUT2D eigenvalue weighted by atomic mass is 16.7. The van der Waals surface area contributed by atoms with Crippen molar-refractivity contribution in [2.24, 2.45) is 0 Å². The van der Waals surface area contributed by atoms with E-state index in [2.05, 4.69) is 0 Å². The Labute approximate surface area is 133 Å². The fourth-order valence-electron chi connectivity index (χ4n) is 2.23. The number of hydrogen-bond acceptors (Lipinski definition) is 9. The van der Waals surface area contributed by atoms with Crippen molar-refractivity contribution in [1.29, 1.82) is 0 Å². The molecule has 0 amide bonds. The molecular formula is C14H20O9. The number of rotatable bonds is 4. The molecule has 1 fully saturated rings. The summed E-state index contributed by atoms with van der Waals surface area (Å²) < 4.78 is 25.7. The molecular weight excluding hydrogens is 312 g/mol. The number of carbonyl (C=O) groups is 4. The van der Waals surface area contributed by atoms with E-state index in [0.29, 0.717) is 0 Å². The molecule has 1 heterocycles. The molecule has 0 aromatic heterocycles. The highest BCUT2D eigenvalue weighted by Crippen LogP contribution is 2.29. The predicted octanol–water partition coefficient (Wildman–Crippen LogP) is 0.0894. The predicted molar refractivity (Wildman–Crippen MR) is 72.8 cm³/mol. The van der Waals surface area contributed by atoms with E-state index in [1.807, 2.05) is 0 Å². The van der Waals surface area contributed by atoms with Crippen molar-refractivity contribution in [2.75, 3.05) is 0 Å². The van der Waals surface area contributed by atoms with Crippen molar-refractivity contribution in [3.63, 3.8) is 0 Å². The normalized spacial score (nSPS) is 30.0. The maximum atomic E-state index is 11.4. The Hall–Kier alpha value is -2.16. The van der Waals surface area contributed by atoms with Gasteiger partial charge in [-0.2, -0.15) is 0 Å². The summed E-state index contributed by atoms with van der Waals surface area (Å²) in [4.78, 5) is 45.1. The summed E-state index contributed by atoms with van der Waals surface area (Å²) in [5.74, 6) is -2.69. The van der Waals surface area contributed by atoms with Crippen LogP contribution in [0.2, 0.25) is 0 Å². The number of hydrogen-bond donors (Lipinski definition) is 0. The topological polar surface area (TPSA) is 114 Å². The molecule has 0 aromatic carbocycles. The zero-order valence-corrected chi connectivity index (χ0v) is 13.6. The van der Waals surface area contributed by atoms with Crippen LogP contribution >= 0.6 is 0 Å². The van der Waals surface area contributed by atoms with Gasteiger partial charge in [-0.15, -0.1) is 0 Å². The average Bonchev–Trinajstić information content (AvgIpc) is 2.36. The van der Waals surface area contributed by atoms with Crippen molar-refractivity contribution < 1.29 is 42.9 Å². The largest absolute Gasteiger partial charge is 0.456 e. The molecule has 1 aliphatic heterocycles. The van der Waals surface area contributed by atoms with E-state index in [4.69, 9.17) is 23.7 Å². The first-order chi connectivity index (χ1) is 10.6. The molecule has 1 saturated heterocycles. The molecule has 130 valence electrons. The van der Waals surface area contributed by atoms with Gasteiger partial charge in [-0.05, 0) is 6.92 Å². The van der Waals surface area contributed by atoms with E-state index >= 15 is 0 Å². The Morgan fingerprint density at radius 2 is 1.04 bits per heavy atom. The summed E-state index contributed by atoms with van der Waals surface area (Å²) in [5, 5.41) is 0. The van der Waals surface area contributed by atoms with E-state index in [-0.39, 0.29) is 0 Å². The molecule has 1 aliphatic rings. The lowest BCUT2D eigenvalue weighted by molar-refractivity contribution is -0.292. The van der Waals surface area contributed by atoms with Gasteiger partial charge >= 0.3 is 23.9 Å². The molecule has 1 unspecified atom stereocenters. The average molecular weight is 332 g/mol. The Bertz CT molecular complexity index is 487. The van der Waals surface area contributed by atoms with Crippen LogP contribution in [0.25, 0.3) is 0 Å². The van der Waals surface area contributed by atoms with Crippen molar-refractivity contribution in [1.82, 2.24) is 0 Å². The van der Waals surface area contributed by atoms with Crippen molar-refractivity contribution in [3.8, 4) is 0 Å². The van der Waals surface area contributed by atoms with Crippen molar-refractivity contribution >= 4 is 23.9 Å². The lowest BCUT2D eigenvalue weighted by Gasteiger charge is -2.42. The van der Waals surface area contributed by atoms with Crippen LogP contribution in [-0.2, 0) is 42.9 Å². The van der Waals surface area contributed by atoms with Gasteiger partial charge in [0.15, 0.2) is 12.2 Å². The Kier molecular flexibility index (Phi) is 6.49. The monoisotopic (exact) mass is 332 g/mol. The zero-order chi connectivity index (χ0) is 17.7. The van der Waals surface area contributed by atoms with Gasteiger partial charge < -0.3 is 23.7 Å². The quantitative estimate of drug-likeness (QED) is 0.521. The molecule has 9 nitrogen and oxygen atoms in total. The summed E-state index contributed by atoms with van der Waals surface area (Å²) in [6.07, 6.45) is -5.51. The second kappa shape index (κ2) is 7.91. The molecule has 5 atom stereocenters. The zero-order valence-electron chi connectivity index (χ0n) is 13.6. The highest BCUT2D eigenvalue weighted by Gasteiger charge is 2.51. The summed E-state index contributed by atoms with van der Waals surface area (Å²) in [6, 6.07) is 0. The Morgan fingerprint density at radius 3 is 1.48 bits per heavy atom. The lowest BCUT2D eigenvalue weighted by Crippen LogP contribution is -2.61. The summed E-state index contributed by atoms with van der Waals surface area (Å²) >= 11 is 0. The molecule has 0 radical (unpaired) electrons. The van der Waals surface area contributed by atoms with Crippen molar-refractivity contribution in [3.05, 3.63) is 0 Å². The van der Waals surface area contributed by atoms with Crippen LogP contribution in [0.5, 0.6) is 0 Å². The minimum absolute atomic E-state index is 0.630. The molecule has 9 heteroatoms. The van der Waals surface area contributed by atoms with E-state index in [1.54, 1.807) is 6.92 Å². The molecule has 0 N–H and O–H groups in total. The second-order valence-electron chi connectivity index (χ2n) is 5.04. The smallest absolute Gasteiger partial charge is 0.305 e. The van der Waals surface area contributed by atoms with E-state index in [0.717, 1.165) is 20.8 Å². The van der Waals surface area contributed by atoms with E-state index < -0.39 is 54.6 Å². The summed E-state index contributed by atoms with van der Waals surface area (Å²) in [7, 11) is 0. The first-order valence-electron chi connectivity index (χ1n) is 6.96. The van der Waals surface area contributed by atoms with Crippen LogP contribution in [0, 0.1) is 0 Å². The van der Waals surface area contributed by atoms with Gasteiger partial charge in [-0.1, -0.05) is 0 Å². The maximum absolute atomic E-state index is 11.4. The lowest BCUT2D eigenvalue weighted by atomic mass is 9.99. The van der Waals surface area contributed by atoms with Gasteiger partial charge in [0.2, 0.25) is 12.4 Å². The first kappa shape index (κ1) is 18.9. The van der Waals surface area contributed by atoms with Crippen LogP contribution in [0.15, 0.2) is 0 Å². The van der Waals surface area contributed by atoms with Gasteiger partial charge in [-0.25, -0.2) is 0 Å². The third-order valence-electron chi connectivity index (χ3n) is 2.92. The molecule has 0 aromatic rings. The molecule has 23 heavy (non-hydrogen) atoms. The fourth-order valence-corrected chi connectivity index (χ4v) is 2.23. The summed E-state index contributed by atoms with van der Waals surface area (Å²) in [6.45, 7) is 6.16. The standard InChI is InChI=1S/C14H20O9/c1-6-11(20-7(2)15)12(21-8(3)16)13(22-9(4)17)14(19-6)23-10(5)18/h6,11-14H,1-5H3/t6-,11?,12-,13-,14-/m0/s1. The molecule has 0 spiro atoms. The van der Waals surface area contributed by atoms with E-state index in [9.17, 15) is 19.2 Å². The fraction of sp³-hybridized carbons (Fsp3) is 0.714. The summed E-state index contributed by atoms with van der Waals surface area (Å²) in [5.41, 5.74) is 0.